The van der Waals surface area contributed by atoms with E-state index in [-0.39, 0.29) is 5.75 Å². The molecule has 0 spiro atoms. The normalized spacial score (nSPS) is 10.4. The molecule has 2 amide bonds. The summed E-state index contributed by atoms with van der Waals surface area (Å²) in [6.45, 7) is 0. The quantitative estimate of drug-likeness (QED) is 0.587. The zero-order chi connectivity index (χ0) is 14.4. The molecule has 2 aromatic carbocycles. The van der Waals surface area contributed by atoms with Crippen LogP contribution in [0.1, 0.15) is 5.56 Å². The van der Waals surface area contributed by atoms with Crippen molar-refractivity contribution in [3.8, 4) is 17.2 Å². The first-order valence-corrected chi connectivity index (χ1v) is 5.79. The summed E-state index contributed by atoms with van der Waals surface area (Å²) in [5, 5.41) is 13.4. The third-order valence-corrected chi connectivity index (χ3v) is 2.36. The Morgan fingerprint density at radius 1 is 1.20 bits per heavy atom. The number of primary amides is 1. The number of aromatic hydroxyl groups is 1. The van der Waals surface area contributed by atoms with E-state index in [0.29, 0.717) is 17.1 Å². The fourth-order valence-corrected chi connectivity index (χ4v) is 1.49. The van der Waals surface area contributed by atoms with Gasteiger partial charge in [-0.05, 0) is 24.3 Å². The van der Waals surface area contributed by atoms with E-state index in [0.717, 1.165) is 0 Å². The smallest absolute Gasteiger partial charge is 0.332 e. The van der Waals surface area contributed by atoms with Crippen molar-refractivity contribution in [3.05, 3.63) is 54.1 Å². The Labute approximate surface area is 115 Å². The Kier molecular flexibility index (Phi) is 4.18. The maximum Gasteiger partial charge on any atom is 0.332 e. The number of carbonyl (C=O) groups is 1. The highest BCUT2D eigenvalue weighted by Crippen LogP contribution is 2.26. The van der Waals surface area contributed by atoms with Crippen molar-refractivity contribution in [3.63, 3.8) is 0 Å². The van der Waals surface area contributed by atoms with Gasteiger partial charge in [0.2, 0.25) is 0 Å². The van der Waals surface area contributed by atoms with E-state index < -0.39 is 6.03 Å². The molecule has 0 aliphatic rings. The molecular weight excluding hydrogens is 258 g/mol. The average Bonchev–Trinajstić information content (AvgIpc) is 2.42. The van der Waals surface area contributed by atoms with Crippen molar-refractivity contribution in [2.24, 2.45) is 10.8 Å². The van der Waals surface area contributed by atoms with Crippen LogP contribution >= 0.6 is 0 Å². The van der Waals surface area contributed by atoms with E-state index in [1.54, 1.807) is 12.1 Å². The lowest BCUT2D eigenvalue weighted by molar-refractivity contribution is 0.249. The van der Waals surface area contributed by atoms with Crippen LogP contribution in [-0.2, 0) is 0 Å². The Morgan fingerprint density at radius 3 is 2.60 bits per heavy atom. The Balaban J connectivity index is 2.09. The second kappa shape index (κ2) is 6.24. The summed E-state index contributed by atoms with van der Waals surface area (Å²) in [5.41, 5.74) is 7.33. The lowest BCUT2D eigenvalue weighted by Crippen LogP contribution is -2.24. The summed E-state index contributed by atoms with van der Waals surface area (Å²) >= 11 is 0. The number of nitrogens with two attached hydrogens (primary N) is 1. The second-order valence-corrected chi connectivity index (χ2v) is 3.87. The van der Waals surface area contributed by atoms with Crippen LogP contribution in [0.2, 0.25) is 0 Å². The summed E-state index contributed by atoms with van der Waals surface area (Å²) in [5.74, 6) is 1.14. The van der Waals surface area contributed by atoms with Crippen LogP contribution in [0.25, 0.3) is 0 Å². The predicted molar refractivity (Wildman–Crippen MR) is 74.9 cm³/mol. The molecule has 102 valence electrons. The van der Waals surface area contributed by atoms with E-state index in [2.05, 4.69) is 5.10 Å². The van der Waals surface area contributed by atoms with Gasteiger partial charge in [-0.1, -0.05) is 18.2 Å². The van der Waals surface area contributed by atoms with E-state index in [1.807, 2.05) is 35.8 Å². The summed E-state index contributed by atoms with van der Waals surface area (Å²) in [4.78, 5) is 10.4. The zero-order valence-electron chi connectivity index (χ0n) is 10.5. The van der Waals surface area contributed by atoms with Crippen LogP contribution < -0.4 is 15.9 Å². The molecule has 2 aromatic rings. The number of phenolic OH excluding ortho intramolecular Hbond substituents is 1. The van der Waals surface area contributed by atoms with Crippen LogP contribution in [0.5, 0.6) is 17.2 Å². The number of phenols is 1. The van der Waals surface area contributed by atoms with Crippen molar-refractivity contribution >= 4 is 12.2 Å². The van der Waals surface area contributed by atoms with Crippen molar-refractivity contribution in [2.45, 2.75) is 0 Å². The summed E-state index contributed by atoms with van der Waals surface area (Å²) in [7, 11) is 0. The van der Waals surface area contributed by atoms with E-state index in [4.69, 9.17) is 10.5 Å². The number of hydrogen-bond donors (Lipinski definition) is 3. The molecular formula is C14H13N3O3. The number of carbonyl (C=O) groups excluding carboxylic acids is 1. The number of rotatable bonds is 4. The van der Waals surface area contributed by atoms with Crippen LogP contribution in [0, 0.1) is 0 Å². The number of hydrogen-bond acceptors (Lipinski definition) is 4. The summed E-state index contributed by atoms with van der Waals surface area (Å²) in [6.07, 6.45) is 1.28. The van der Waals surface area contributed by atoms with Gasteiger partial charge in [-0.3, -0.25) is 0 Å². The number of ether oxygens (including phenoxy) is 1. The Bertz CT molecular complexity index is 627. The Morgan fingerprint density at radius 2 is 1.95 bits per heavy atom. The maximum atomic E-state index is 10.4. The molecule has 0 aliphatic heterocycles. The molecule has 0 atom stereocenters. The van der Waals surface area contributed by atoms with Gasteiger partial charge in [-0.25, -0.2) is 10.2 Å². The number of urea groups is 1. The van der Waals surface area contributed by atoms with Crippen molar-refractivity contribution in [2.75, 3.05) is 0 Å². The third kappa shape index (κ3) is 3.74. The molecule has 6 nitrogen and oxygen atoms in total. The second-order valence-electron chi connectivity index (χ2n) is 3.87. The fourth-order valence-electron chi connectivity index (χ4n) is 1.49. The molecule has 0 aromatic heterocycles. The maximum absolute atomic E-state index is 10.4. The molecule has 4 N–H and O–H groups in total. The molecule has 0 radical (unpaired) electrons. The monoisotopic (exact) mass is 271 g/mol. The highest BCUT2D eigenvalue weighted by molar-refractivity contribution is 5.84. The molecule has 0 saturated heterocycles. The van der Waals surface area contributed by atoms with Gasteiger partial charge in [-0.15, -0.1) is 0 Å². The first kappa shape index (κ1) is 13.4. The zero-order valence-corrected chi connectivity index (χ0v) is 10.5. The van der Waals surface area contributed by atoms with Crippen molar-refractivity contribution in [1.82, 2.24) is 5.43 Å². The van der Waals surface area contributed by atoms with Gasteiger partial charge in [0.15, 0.2) is 0 Å². The molecule has 0 unspecified atom stereocenters. The lowest BCUT2D eigenvalue weighted by Gasteiger charge is -2.06. The minimum atomic E-state index is -0.773. The van der Waals surface area contributed by atoms with Crippen LogP contribution in [0.15, 0.2) is 53.6 Å². The van der Waals surface area contributed by atoms with Gasteiger partial charge in [0.25, 0.3) is 0 Å². The largest absolute Gasteiger partial charge is 0.507 e. The molecule has 0 saturated carbocycles. The van der Waals surface area contributed by atoms with Gasteiger partial charge < -0.3 is 15.6 Å². The predicted octanol–water partition coefficient (Wildman–Crippen LogP) is 2.19. The number of amides is 2. The third-order valence-electron chi connectivity index (χ3n) is 2.36. The standard InChI is InChI=1S/C14H13N3O3/c15-14(19)17-16-9-10-6-7-12(8-13(10)18)20-11-4-2-1-3-5-11/h1-9,18H,(H3,15,17,19). The van der Waals surface area contributed by atoms with Crippen molar-refractivity contribution in [1.29, 1.82) is 0 Å². The first-order chi connectivity index (χ1) is 9.65. The van der Waals surface area contributed by atoms with Crippen LogP contribution in [0.3, 0.4) is 0 Å². The van der Waals surface area contributed by atoms with E-state index in [1.165, 1.54) is 12.3 Å². The number of para-hydroxylation sites is 1. The summed E-state index contributed by atoms with van der Waals surface area (Å²) < 4.78 is 5.56. The minimum Gasteiger partial charge on any atom is -0.507 e. The molecule has 0 aliphatic carbocycles. The number of nitrogens with one attached hydrogen (secondary N) is 1. The average molecular weight is 271 g/mol. The van der Waals surface area contributed by atoms with Crippen molar-refractivity contribution < 1.29 is 14.6 Å². The van der Waals surface area contributed by atoms with Crippen LogP contribution in [0.4, 0.5) is 4.79 Å². The molecule has 20 heavy (non-hydrogen) atoms. The van der Waals surface area contributed by atoms with Gasteiger partial charge in [0.1, 0.15) is 17.2 Å². The lowest BCUT2D eigenvalue weighted by atomic mass is 10.2. The number of hydrazone groups is 1. The highest BCUT2D eigenvalue weighted by atomic mass is 16.5. The molecule has 6 heteroatoms. The summed E-state index contributed by atoms with van der Waals surface area (Å²) in [6, 6.07) is 13.2. The first-order valence-electron chi connectivity index (χ1n) is 5.79. The van der Waals surface area contributed by atoms with Gasteiger partial charge in [0.05, 0.1) is 6.21 Å². The van der Waals surface area contributed by atoms with Crippen LogP contribution in [-0.4, -0.2) is 17.4 Å². The number of benzene rings is 2. The van der Waals surface area contributed by atoms with Gasteiger partial charge >= 0.3 is 6.03 Å². The fraction of sp³-hybridized carbons (Fsp3) is 0. The van der Waals surface area contributed by atoms with Gasteiger partial charge in [0, 0.05) is 11.6 Å². The molecule has 0 heterocycles. The number of nitrogens with zero attached hydrogens (tertiary/aromatic N) is 1. The van der Waals surface area contributed by atoms with Gasteiger partial charge in [-0.2, -0.15) is 5.10 Å². The topological polar surface area (TPSA) is 96.9 Å². The molecule has 2 rings (SSSR count). The Hall–Kier alpha value is -3.02. The van der Waals surface area contributed by atoms with E-state index in [9.17, 15) is 9.90 Å². The highest BCUT2D eigenvalue weighted by Gasteiger charge is 2.02. The molecule has 0 bridgehead atoms. The minimum absolute atomic E-state index is 0.0200. The SMILES string of the molecule is NC(=O)NN=Cc1ccc(Oc2ccccc2)cc1O. The molecule has 0 fully saturated rings. The van der Waals surface area contributed by atoms with E-state index >= 15 is 0 Å².